The van der Waals surface area contributed by atoms with Crippen LogP contribution in [0, 0.1) is 11.3 Å². The zero-order chi connectivity index (χ0) is 13.5. The van der Waals surface area contributed by atoms with E-state index in [-0.39, 0.29) is 0 Å². The Bertz CT molecular complexity index is 478. The highest BCUT2D eigenvalue weighted by Crippen LogP contribution is 2.30. The molecule has 0 heterocycles. The molecule has 96 valence electrons. The van der Waals surface area contributed by atoms with Crippen molar-refractivity contribution in [3.05, 3.63) is 23.8 Å². The summed E-state index contributed by atoms with van der Waals surface area (Å²) in [6.07, 6.45) is 0. The lowest BCUT2D eigenvalue weighted by molar-refractivity contribution is 0.212. The molecule has 0 saturated heterocycles. The van der Waals surface area contributed by atoms with E-state index in [0.717, 1.165) is 5.56 Å². The molecule has 0 aliphatic carbocycles. The standard InChI is InChI=1S/C13H16N2O3/c1-9(15-18-4)11(8-14)10-5-6-12(16-2)13(7-10)17-3/h5-7,11H,1-4H3. The minimum atomic E-state index is -0.468. The van der Waals surface area contributed by atoms with Crippen molar-refractivity contribution in [2.45, 2.75) is 12.8 Å². The fourth-order valence-corrected chi connectivity index (χ4v) is 1.64. The molecule has 5 nitrogen and oxygen atoms in total. The van der Waals surface area contributed by atoms with E-state index >= 15 is 0 Å². The summed E-state index contributed by atoms with van der Waals surface area (Å²) in [5.74, 6) is 0.740. The van der Waals surface area contributed by atoms with Crippen molar-refractivity contribution in [1.82, 2.24) is 0 Å². The molecule has 0 amide bonds. The number of nitrogens with zero attached hydrogens (tertiary/aromatic N) is 2. The maximum absolute atomic E-state index is 9.21. The normalized spacial score (nSPS) is 12.5. The van der Waals surface area contributed by atoms with Gasteiger partial charge in [0.2, 0.25) is 0 Å². The number of methoxy groups -OCH3 is 2. The zero-order valence-electron chi connectivity index (χ0n) is 10.9. The molecule has 5 heteroatoms. The maximum Gasteiger partial charge on any atom is 0.161 e. The molecule has 18 heavy (non-hydrogen) atoms. The molecule has 0 aromatic heterocycles. The second-order valence-electron chi connectivity index (χ2n) is 3.59. The van der Waals surface area contributed by atoms with Crippen LogP contribution in [0.1, 0.15) is 18.4 Å². The van der Waals surface area contributed by atoms with Gasteiger partial charge < -0.3 is 14.3 Å². The monoisotopic (exact) mass is 248 g/mol. The van der Waals surface area contributed by atoms with Crippen LogP contribution in [-0.2, 0) is 4.84 Å². The Morgan fingerprint density at radius 3 is 2.39 bits per heavy atom. The van der Waals surface area contributed by atoms with Crippen molar-refractivity contribution in [1.29, 1.82) is 5.26 Å². The van der Waals surface area contributed by atoms with Crippen molar-refractivity contribution in [3.63, 3.8) is 0 Å². The largest absolute Gasteiger partial charge is 0.493 e. The topological polar surface area (TPSA) is 63.8 Å². The predicted molar refractivity (Wildman–Crippen MR) is 68.0 cm³/mol. The van der Waals surface area contributed by atoms with E-state index in [9.17, 15) is 5.26 Å². The lowest BCUT2D eigenvalue weighted by atomic mass is 9.96. The van der Waals surface area contributed by atoms with Crippen molar-refractivity contribution < 1.29 is 14.3 Å². The molecule has 0 aliphatic heterocycles. The Kier molecular flexibility index (Phi) is 5.00. The second-order valence-corrected chi connectivity index (χ2v) is 3.59. The molecule has 1 aromatic carbocycles. The van der Waals surface area contributed by atoms with Gasteiger partial charge in [-0.1, -0.05) is 11.2 Å². The van der Waals surface area contributed by atoms with Gasteiger partial charge in [-0.2, -0.15) is 5.26 Å². The Balaban J connectivity index is 3.16. The van der Waals surface area contributed by atoms with Gasteiger partial charge in [-0.3, -0.25) is 0 Å². The number of ether oxygens (including phenoxy) is 2. The van der Waals surface area contributed by atoms with Crippen molar-refractivity contribution in [2.24, 2.45) is 5.16 Å². The molecule has 0 bridgehead atoms. The Morgan fingerprint density at radius 1 is 1.22 bits per heavy atom. The van der Waals surface area contributed by atoms with E-state index in [4.69, 9.17) is 14.3 Å². The molecule has 1 atom stereocenters. The first-order valence-electron chi connectivity index (χ1n) is 5.37. The highest BCUT2D eigenvalue weighted by atomic mass is 16.6. The van der Waals surface area contributed by atoms with Crippen LogP contribution in [0.25, 0.3) is 0 Å². The Hall–Kier alpha value is -2.22. The maximum atomic E-state index is 9.21. The highest BCUT2D eigenvalue weighted by molar-refractivity contribution is 5.91. The third kappa shape index (κ3) is 2.92. The Labute approximate surface area is 107 Å². The van der Waals surface area contributed by atoms with Gasteiger partial charge >= 0.3 is 0 Å². The Morgan fingerprint density at radius 2 is 1.89 bits per heavy atom. The summed E-state index contributed by atoms with van der Waals surface area (Å²) in [4.78, 5) is 4.69. The van der Waals surface area contributed by atoms with Crippen LogP contribution in [0.3, 0.4) is 0 Å². The summed E-state index contributed by atoms with van der Waals surface area (Å²) in [6.45, 7) is 1.74. The molecule has 0 saturated carbocycles. The van der Waals surface area contributed by atoms with Gasteiger partial charge in [-0.05, 0) is 24.6 Å². The fraction of sp³-hybridized carbons (Fsp3) is 0.385. The average Bonchev–Trinajstić information content (AvgIpc) is 2.39. The van der Waals surface area contributed by atoms with E-state index in [1.807, 2.05) is 6.07 Å². The summed E-state index contributed by atoms with van der Waals surface area (Å²) in [5, 5.41) is 13.0. The van der Waals surface area contributed by atoms with Crippen LogP contribution in [0.5, 0.6) is 11.5 Å². The third-order valence-electron chi connectivity index (χ3n) is 2.52. The highest BCUT2D eigenvalue weighted by Gasteiger charge is 2.17. The van der Waals surface area contributed by atoms with Crippen LogP contribution in [0.4, 0.5) is 0 Å². The smallest absolute Gasteiger partial charge is 0.161 e. The fourth-order valence-electron chi connectivity index (χ4n) is 1.64. The lowest BCUT2D eigenvalue weighted by Crippen LogP contribution is -2.08. The van der Waals surface area contributed by atoms with Gasteiger partial charge in [0, 0.05) is 0 Å². The second kappa shape index (κ2) is 6.50. The third-order valence-corrected chi connectivity index (χ3v) is 2.52. The summed E-state index contributed by atoms with van der Waals surface area (Å²) in [6, 6.07) is 7.52. The molecule has 0 fully saturated rings. The van der Waals surface area contributed by atoms with Gasteiger partial charge in [0.15, 0.2) is 11.5 Å². The van der Waals surface area contributed by atoms with E-state index in [2.05, 4.69) is 11.2 Å². The van der Waals surface area contributed by atoms with Crippen LogP contribution in [-0.4, -0.2) is 27.0 Å². The minimum absolute atomic E-state index is 0.468. The van der Waals surface area contributed by atoms with Gasteiger partial charge in [-0.25, -0.2) is 0 Å². The first kappa shape index (κ1) is 13.8. The number of hydrogen-bond donors (Lipinski definition) is 0. The quantitative estimate of drug-likeness (QED) is 0.592. The van der Waals surface area contributed by atoms with Gasteiger partial charge in [-0.15, -0.1) is 0 Å². The van der Waals surface area contributed by atoms with Crippen LogP contribution >= 0.6 is 0 Å². The van der Waals surface area contributed by atoms with Crippen LogP contribution < -0.4 is 9.47 Å². The van der Waals surface area contributed by atoms with Crippen LogP contribution in [0.2, 0.25) is 0 Å². The zero-order valence-corrected chi connectivity index (χ0v) is 10.9. The number of oxime groups is 1. The number of rotatable bonds is 5. The SMILES string of the molecule is CON=C(C)C(C#N)c1ccc(OC)c(OC)c1. The van der Waals surface area contributed by atoms with E-state index in [0.29, 0.717) is 17.2 Å². The summed E-state index contributed by atoms with van der Waals surface area (Å²) >= 11 is 0. The lowest BCUT2D eigenvalue weighted by Gasteiger charge is -2.12. The van der Waals surface area contributed by atoms with Crippen molar-refractivity contribution in [3.8, 4) is 17.6 Å². The number of hydrogen-bond acceptors (Lipinski definition) is 5. The molecule has 0 aliphatic rings. The molecular formula is C13H16N2O3. The van der Waals surface area contributed by atoms with Crippen molar-refractivity contribution in [2.75, 3.05) is 21.3 Å². The molecule has 0 radical (unpaired) electrons. The summed E-state index contributed by atoms with van der Waals surface area (Å²) in [5.41, 5.74) is 1.38. The van der Waals surface area contributed by atoms with Crippen molar-refractivity contribution >= 4 is 5.71 Å². The molecule has 0 N–H and O–H groups in total. The summed E-state index contributed by atoms with van der Waals surface area (Å²) < 4.78 is 10.4. The predicted octanol–water partition coefficient (Wildman–Crippen LogP) is 2.33. The molecule has 1 rings (SSSR count). The van der Waals surface area contributed by atoms with Gasteiger partial charge in [0.25, 0.3) is 0 Å². The van der Waals surface area contributed by atoms with Gasteiger partial charge in [0.05, 0.1) is 26.0 Å². The number of benzene rings is 1. The molecule has 1 aromatic rings. The van der Waals surface area contributed by atoms with Crippen LogP contribution in [0.15, 0.2) is 23.4 Å². The summed E-state index contributed by atoms with van der Waals surface area (Å²) in [7, 11) is 4.57. The van der Waals surface area contributed by atoms with E-state index in [1.165, 1.54) is 7.11 Å². The minimum Gasteiger partial charge on any atom is -0.493 e. The number of nitriles is 1. The molecular weight excluding hydrogens is 232 g/mol. The molecule has 1 unspecified atom stereocenters. The van der Waals surface area contributed by atoms with E-state index < -0.39 is 5.92 Å². The average molecular weight is 248 g/mol. The first-order chi connectivity index (χ1) is 8.67. The first-order valence-corrected chi connectivity index (χ1v) is 5.37. The molecule has 0 spiro atoms. The van der Waals surface area contributed by atoms with Gasteiger partial charge in [0.1, 0.15) is 13.0 Å². The van der Waals surface area contributed by atoms with E-state index in [1.54, 1.807) is 33.3 Å².